The highest BCUT2D eigenvalue weighted by atomic mass is 35.5. The van der Waals surface area contributed by atoms with Crippen LogP contribution < -0.4 is 5.73 Å². The van der Waals surface area contributed by atoms with Crippen molar-refractivity contribution in [1.82, 2.24) is 9.88 Å². The lowest BCUT2D eigenvalue weighted by molar-refractivity contribution is 0.0997. The van der Waals surface area contributed by atoms with Crippen LogP contribution in [0.15, 0.2) is 12.3 Å². The number of aromatic amines is 1. The number of aryl methyl sites for hydroxylation is 1. The van der Waals surface area contributed by atoms with E-state index in [0.29, 0.717) is 22.6 Å². The van der Waals surface area contributed by atoms with Gasteiger partial charge in [0, 0.05) is 35.7 Å². The maximum absolute atomic E-state index is 14.9. The number of hydrogen-bond acceptors (Lipinski definition) is 2. The third-order valence-electron chi connectivity index (χ3n) is 4.75. The minimum atomic E-state index is -1.21. The average Bonchev–Trinajstić information content (AvgIpc) is 2.84. The van der Waals surface area contributed by atoms with E-state index in [1.54, 1.807) is 6.92 Å². The van der Waals surface area contributed by atoms with Gasteiger partial charge in [-0.15, -0.1) is 0 Å². The number of nitrogens with two attached hydrogens (primary N) is 1. The molecule has 0 aliphatic carbocycles. The molecule has 2 aromatic rings. The molecule has 134 valence electrons. The summed E-state index contributed by atoms with van der Waals surface area (Å²) in [4.78, 5) is 16.6. The summed E-state index contributed by atoms with van der Waals surface area (Å²) in [6, 6.07) is 0. The molecular weight excluding hydrogens is 348 g/mol. The van der Waals surface area contributed by atoms with Crippen molar-refractivity contribution >= 4 is 28.4 Å². The van der Waals surface area contributed by atoms with Gasteiger partial charge in [-0.3, -0.25) is 4.79 Å². The van der Waals surface area contributed by atoms with Crippen molar-refractivity contribution in [2.24, 2.45) is 5.73 Å². The maximum atomic E-state index is 14.9. The number of allylic oxidation sites excluding steroid dienone is 1. The molecule has 7 heteroatoms. The van der Waals surface area contributed by atoms with Crippen LogP contribution in [-0.2, 0) is 0 Å². The van der Waals surface area contributed by atoms with E-state index in [2.05, 4.69) is 9.88 Å². The summed E-state index contributed by atoms with van der Waals surface area (Å²) < 4.78 is 29.6. The summed E-state index contributed by atoms with van der Waals surface area (Å²) in [6.07, 6.45) is 5.43. The van der Waals surface area contributed by atoms with Crippen molar-refractivity contribution in [2.75, 3.05) is 13.1 Å². The molecule has 25 heavy (non-hydrogen) atoms. The van der Waals surface area contributed by atoms with Crippen molar-refractivity contribution in [3.8, 4) is 0 Å². The highest BCUT2D eigenvalue weighted by molar-refractivity contribution is 6.37. The fraction of sp³-hybridized carbons (Fsp3) is 0.389. The molecule has 3 rings (SSSR count). The first kappa shape index (κ1) is 17.7. The normalized spacial score (nSPS) is 18.4. The van der Waals surface area contributed by atoms with Crippen LogP contribution in [0.1, 0.15) is 47.3 Å². The van der Waals surface area contributed by atoms with Gasteiger partial charge in [-0.2, -0.15) is 0 Å². The summed E-state index contributed by atoms with van der Waals surface area (Å²) in [5, 5.41) is 0.661. The lowest BCUT2D eigenvalue weighted by Gasteiger charge is -2.33. The second-order valence-electron chi connectivity index (χ2n) is 6.41. The first-order chi connectivity index (χ1) is 11.9. The third-order valence-corrected chi connectivity index (χ3v) is 5.22. The molecule has 1 atom stereocenters. The second-order valence-corrected chi connectivity index (χ2v) is 6.79. The van der Waals surface area contributed by atoms with Gasteiger partial charge in [0.2, 0.25) is 0 Å². The number of carbonyl (C=O) groups excluding carboxylic acids is 1. The number of rotatable bonds is 3. The van der Waals surface area contributed by atoms with Crippen molar-refractivity contribution < 1.29 is 13.6 Å². The van der Waals surface area contributed by atoms with Crippen LogP contribution in [0.2, 0.25) is 5.02 Å². The van der Waals surface area contributed by atoms with Crippen molar-refractivity contribution in [2.45, 2.75) is 32.6 Å². The van der Waals surface area contributed by atoms with Crippen LogP contribution in [0.25, 0.3) is 10.9 Å². The van der Waals surface area contributed by atoms with Gasteiger partial charge in [-0.05, 0) is 32.9 Å². The second kappa shape index (κ2) is 6.67. The maximum Gasteiger partial charge on any atom is 0.253 e. The minimum Gasteiger partial charge on any atom is -0.377 e. The molecule has 0 radical (unpaired) electrons. The SMILES string of the molecule is CC=CN1CCCC(c2c(F)c(F)c(C(N)=O)c3[nH]c(C)c(Cl)c23)C1. The van der Waals surface area contributed by atoms with E-state index >= 15 is 0 Å². The highest BCUT2D eigenvalue weighted by Crippen LogP contribution is 2.41. The molecular formula is C18H20ClF2N3O. The molecule has 1 unspecified atom stereocenters. The summed E-state index contributed by atoms with van der Waals surface area (Å²) in [5.74, 6) is -3.49. The van der Waals surface area contributed by atoms with Gasteiger partial charge in [-0.1, -0.05) is 17.7 Å². The lowest BCUT2D eigenvalue weighted by Crippen LogP contribution is -2.31. The first-order valence-electron chi connectivity index (χ1n) is 8.22. The van der Waals surface area contributed by atoms with Crippen LogP contribution in [0.4, 0.5) is 8.78 Å². The molecule has 1 aromatic carbocycles. The van der Waals surface area contributed by atoms with E-state index in [-0.39, 0.29) is 17.0 Å². The fourth-order valence-electron chi connectivity index (χ4n) is 3.69. The monoisotopic (exact) mass is 367 g/mol. The van der Waals surface area contributed by atoms with Crippen molar-refractivity contribution in [1.29, 1.82) is 0 Å². The summed E-state index contributed by atoms with van der Waals surface area (Å²) >= 11 is 6.36. The molecule has 2 heterocycles. The van der Waals surface area contributed by atoms with Crippen LogP contribution >= 0.6 is 11.6 Å². The van der Waals surface area contributed by atoms with Gasteiger partial charge >= 0.3 is 0 Å². The summed E-state index contributed by atoms with van der Waals surface area (Å²) in [6.45, 7) is 5.04. The van der Waals surface area contributed by atoms with Gasteiger partial charge in [0.05, 0.1) is 10.5 Å². The number of halogens is 3. The zero-order chi connectivity index (χ0) is 18.3. The Hall–Kier alpha value is -2.08. The van der Waals surface area contributed by atoms with Crippen LogP contribution in [0, 0.1) is 18.6 Å². The number of H-pyrrole nitrogens is 1. The summed E-state index contributed by atoms with van der Waals surface area (Å²) in [7, 11) is 0. The van der Waals surface area contributed by atoms with Crippen LogP contribution in [-0.4, -0.2) is 28.9 Å². The largest absolute Gasteiger partial charge is 0.377 e. The number of piperidine rings is 1. The number of likely N-dealkylation sites (tertiary alicyclic amines) is 1. The minimum absolute atomic E-state index is 0.173. The van der Waals surface area contributed by atoms with Crippen molar-refractivity contribution in [3.05, 3.63) is 45.8 Å². The molecule has 0 spiro atoms. The molecule has 1 fully saturated rings. The number of primary amides is 1. The molecule has 1 amide bonds. The number of carbonyl (C=O) groups is 1. The lowest BCUT2D eigenvalue weighted by atomic mass is 9.87. The number of nitrogens with one attached hydrogen (secondary N) is 1. The quantitative estimate of drug-likeness (QED) is 0.853. The molecule has 1 aromatic heterocycles. The number of hydrogen-bond donors (Lipinski definition) is 2. The Balaban J connectivity index is 2.26. The first-order valence-corrected chi connectivity index (χ1v) is 8.59. The molecule has 3 N–H and O–H groups in total. The van der Waals surface area contributed by atoms with Gasteiger partial charge in [-0.25, -0.2) is 8.78 Å². The van der Waals surface area contributed by atoms with Crippen LogP contribution in [0.3, 0.4) is 0 Å². The topological polar surface area (TPSA) is 62.1 Å². The standard InChI is InChI=1S/C18H20ClF2N3O/c1-3-6-24-7-4-5-10(8-24)11-12-14(19)9(2)23-17(12)13(18(22)25)16(21)15(11)20/h3,6,10,23H,4-5,7-8H2,1-2H3,(H2,22,25). The zero-order valence-corrected chi connectivity index (χ0v) is 14.9. The molecule has 1 saturated heterocycles. The van der Waals surface area contributed by atoms with E-state index in [9.17, 15) is 13.6 Å². The molecule has 1 aliphatic heterocycles. The Morgan fingerprint density at radius 1 is 1.40 bits per heavy atom. The molecule has 0 bridgehead atoms. The predicted octanol–water partition coefficient (Wildman–Crippen LogP) is 4.22. The Labute approximate surface area is 149 Å². The highest BCUT2D eigenvalue weighted by Gasteiger charge is 2.32. The number of aromatic nitrogens is 1. The van der Waals surface area contributed by atoms with Gasteiger partial charge in [0.15, 0.2) is 11.6 Å². The van der Waals surface area contributed by atoms with E-state index in [0.717, 1.165) is 19.4 Å². The third kappa shape index (κ3) is 2.88. The van der Waals surface area contributed by atoms with E-state index < -0.39 is 23.1 Å². The average molecular weight is 368 g/mol. The predicted molar refractivity (Wildman–Crippen MR) is 94.8 cm³/mol. The molecule has 4 nitrogen and oxygen atoms in total. The Morgan fingerprint density at radius 3 is 2.76 bits per heavy atom. The molecule has 0 saturated carbocycles. The van der Waals surface area contributed by atoms with Crippen molar-refractivity contribution in [3.63, 3.8) is 0 Å². The fourth-order valence-corrected chi connectivity index (χ4v) is 3.94. The Bertz CT molecular complexity index is 875. The van der Waals surface area contributed by atoms with Gasteiger partial charge in [0.25, 0.3) is 5.91 Å². The van der Waals surface area contributed by atoms with Gasteiger partial charge < -0.3 is 15.6 Å². The van der Waals surface area contributed by atoms with E-state index in [1.807, 2.05) is 19.2 Å². The Kier molecular flexibility index (Phi) is 4.73. The Morgan fingerprint density at radius 2 is 2.12 bits per heavy atom. The number of fused-ring (bicyclic) bond motifs is 1. The molecule has 1 aliphatic rings. The smallest absolute Gasteiger partial charge is 0.253 e. The number of amides is 1. The van der Waals surface area contributed by atoms with E-state index in [1.165, 1.54) is 0 Å². The van der Waals surface area contributed by atoms with Gasteiger partial charge in [0.1, 0.15) is 5.56 Å². The number of nitrogens with zero attached hydrogens (tertiary/aromatic N) is 1. The summed E-state index contributed by atoms with van der Waals surface area (Å²) in [5.41, 5.74) is 5.74. The number of benzene rings is 1. The van der Waals surface area contributed by atoms with Crippen LogP contribution in [0.5, 0.6) is 0 Å². The zero-order valence-electron chi connectivity index (χ0n) is 14.1. The van der Waals surface area contributed by atoms with E-state index in [4.69, 9.17) is 17.3 Å².